The van der Waals surface area contributed by atoms with Crippen LogP contribution in [0.5, 0.6) is 0 Å². The summed E-state index contributed by atoms with van der Waals surface area (Å²) < 4.78 is 0. The fourth-order valence-corrected chi connectivity index (χ4v) is 3.09. The lowest BCUT2D eigenvalue weighted by atomic mass is 10.0. The Morgan fingerprint density at radius 3 is 2.73 bits per heavy atom. The predicted molar refractivity (Wildman–Crippen MR) is 88.4 cm³/mol. The summed E-state index contributed by atoms with van der Waals surface area (Å²) in [6.07, 6.45) is 1.05. The second-order valence-electron chi connectivity index (χ2n) is 4.92. The highest BCUT2D eigenvalue weighted by atomic mass is 32.1. The van der Waals surface area contributed by atoms with Crippen LogP contribution < -0.4 is 11.1 Å². The zero-order valence-electron chi connectivity index (χ0n) is 12.7. The van der Waals surface area contributed by atoms with Crippen molar-refractivity contribution < 1.29 is 9.59 Å². The molecule has 1 heterocycles. The minimum atomic E-state index is -0.367. The lowest BCUT2D eigenvalue weighted by Gasteiger charge is -2.05. The first-order valence-corrected chi connectivity index (χ1v) is 7.96. The first-order chi connectivity index (χ1) is 10.5. The molecule has 116 valence electrons. The van der Waals surface area contributed by atoms with Gasteiger partial charge in [0, 0.05) is 18.5 Å². The van der Waals surface area contributed by atoms with E-state index in [1.807, 2.05) is 38.1 Å². The van der Waals surface area contributed by atoms with Gasteiger partial charge in [0.15, 0.2) is 5.13 Å². The van der Waals surface area contributed by atoms with Crippen LogP contribution in [-0.4, -0.2) is 23.2 Å². The van der Waals surface area contributed by atoms with Crippen molar-refractivity contribution in [2.24, 2.45) is 5.73 Å². The normalized spacial score (nSPS) is 10.5. The van der Waals surface area contributed by atoms with E-state index in [2.05, 4.69) is 10.3 Å². The Kier molecular flexibility index (Phi) is 5.27. The molecule has 0 unspecified atom stereocenters. The molecule has 6 heteroatoms. The van der Waals surface area contributed by atoms with Gasteiger partial charge in [0.1, 0.15) is 0 Å². The summed E-state index contributed by atoms with van der Waals surface area (Å²) in [5.41, 5.74) is 7.55. The number of ketones is 1. The van der Waals surface area contributed by atoms with E-state index in [0.717, 1.165) is 17.5 Å². The third kappa shape index (κ3) is 3.71. The van der Waals surface area contributed by atoms with Crippen molar-refractivity contribution in [3.8, 4) is 0 Å². The molecule has 5 nitrogen and oxygen atoms in total. The summed E-state index contributed by atoms with van der Waals surface area (Å²) >= 11 is 1.31. The van der Waals surface area contributed by atoms with Crippen LogP contribution in [0.4, 0.5) is 5.13 Å². The fraction of sp³-hybridized carbons (Fsp3) is 0.312. The topological polar surface area (TPSA) is 85.1 Å². The van der Waals surface area contributed by atoms with Crippen LogP contribution in [0.3, 0.4) is 0 Å². The lowest BCUT2D eigenvalue weighted by molar-refractivity contribution is -0.117. The molecule has 22 heavy (non-hydrogen) atoms. The number of nitrogens with two attached hydrogens (primary N) is 1. The van der Waals surface area contributed by atoms with E-state index >= 15 is 0 Å². The number of anilines is 1. The average Bonchev–Trinajstić information content (AvgIpc) is 2.87. The smallest absolute Gasteiger partial charge is 0.219 e. The third-order valence-corrected chi connectivity index (χ3v) is 4.41. The number of aryl methyl sites for hydroxylation is 2. The number of carbonyl (C=O) groups is 2. The van der Waals surface area contributed by atoms with Crippen molar-refractivity contribution in [2.75, 3.05) is 11.9 Å². The molecule has 0 atom stereocenters. The molecule has 0 bridgehead atoms. The monoisotopic (exact) mass is 317 g/mol. The van der Waals surface area contributed by atoms with Gasteiger partial charge in [-0.25, -0.2) is 4.98 Å². The van der Waals surface area contributed by atoms with E-state index in [-0.39, 0.29) is 18.1 Å². The van der Waals surface area contributed by atoms with Gasteiger partial charge < -0.3 is 11.1 Å². The summed E-state index contributed by atoms with van der Waals surface area (Å²) in [5, 5.41) is 3.66. The van der Waals surface area contributed by atoms with E-state index in [0.29, 0.717) is 22.2 Å². The van der Waals surface area contributed by atoms with Crippen LogP contribution >= 0.6 is 11.3 Å². The Bertz CT molecular complexity index is 694. The lowest BCUT2D eigenvalue weighted by Crippen LogP contribution is -2.15. The number of nitrogens with zero attached hydrogens (tertiary/aromatic N) is 1. The number of hydrogen-bond acceptors (Lipinski definition) is 5. The number of carbonyl (C=O) groups excluding carboxylic acids is 2. The summed E-state index contributed by atoms with van der Waals surface area (Å²) in [4.78, 5) is 28.4. The summed E-state index contributed by atoms with van der Waals surface area (Å²) in [5.74, 6) is -0.371. The molecule has 0 fully saturated rings. The van der Waals surface area contributed by atoms with E-state index in [4.69, 9.17) is 5.73 Å². The predicted octanol–water partition coefficient (Wildman–Crippen LogP) is 2.53. The molecule has 1 aromatic carbocycles. The zero-order chi connectivity index (χ0) is 16.1. The standard InChI is InChI=1S/C16H19N3O2S/c1-3-11-6-4-5-7-12(11)14(21)15-10(2)19-16(22-15)18-9-8-13(17)20/h4-7H,3,8-9H2,1-2H3,(H2,17,20)(H,18,19). The van der Waals surface area contributed by atoms with Gasteiger partial charge in [-0.1, -0.05) is 42.5 Å². The largest absolute Gasteiger partial charge is 0.370 e. The van der Waals surface area contributed by atoms with E-state index in [1.54, 1.807) is 0 Å². The Hall–Kier alpha value is -2.21. The maximum Gasteiger partial charge on any atom is 0.219 e. The maximum atomic E-state index is 12.7. The van der Waals surface area contributed by atoms with Gasteiger partial charge in [-0.3, -0.25) is 9.59 Å². The van der Waals surface area contributed by atoms with Crippen LogP contribution in [0.15, 0.2) is 24.3 Å². The van der Waals surface area contributed by atoms with Gasteiger partial charge in [0.2, 0.25) is 11.7 Å². The van der Waals surface area contributed by atoms with Crippen molar-refractivity contribution in [1.82, 2.24) is 4.98 Å². The molecular weight excluding hydrogens is 298 g/mol. The molecule has 0 aliphatic rings. The molecule has 0 radical (unpaired) electrons. The first-order valence-electron chi connectivity index (χ1n) is 7.15. The second kappa shape index (κ2) is 7.17. The van der Waals surface area contributed by atoms with Crippen molar-refractivity contribution in [2.45, 2.75) is 26.7 Å². The van der Waals surface area contributed by atoms with Crippen molar-refractivity contribution in [3.63, 3.8) is 0 Å². The molecule has 1 amide bonds. The molecule has 2 rings (SSSR count). The van der Waals surface area contributed by atoms with Gasteiger partial charge in [-0.15, -0.1) is 0 Å². The van der Waals surface area contributed by atoms with Crippen LogP contribution in [0.2, 0.25) is 0 Å². The summed E-state index contributed by atoms with van der Waals surface area (Å²) in [6.45, 7) is 4.27. The van der Waals surface area contributed by atoms with Gasteiger partial charge in [0.25, 0.3) is 0 Å². The van der Waals surface area contributed by atoms with Crippen LogP contribution in [0, 0.1) is 6.92 Å². The number of aromatic nitrogens is 1. The van der Waals surface area contributed by atoms with Crippen molar-refractivity contribution in [3.05, 3.63) is 46.0 Å². The Balaban J connectivity index is 2.20. The fourth-order valence-electron chi connectivity index (χ4n) is 2.15. The Morgan fingerprint density at radius 2 is 2.05 bits per heavy atom. The minimum Gasteiger partial charge on any atom is -0.370 e. The molecular formula is C16H19N3O2S. The van der Waals surface area contributed by atoms with Crippen LogP contribution in [0.25, 0.3) is 0 Å². The van der Waals surface area contributed by atoms with E-state index in [1.165, 1.54) is 11.3 Å². The van der Waals surface area contributed by atoms with Gasteiger partial charge in [-0.2, -0.15) is 0 Å². The number of benzene rings is 1. The number of nitrogens with one attached hydrogen (secondary N) is 1. The molecule has 0 aliphatic carbocycles. The number of rotatable bonds is 7. The Morgan fingerprint density at radius 1 is 1.32 bits per heavy atom. The van der Waals surface area contributed by atoms with E-state index < -0.39 is 0 Å². The first kappa shape index (κ1) is 16.2. The van der Waals surface area contributed by atoms with Crippen molar-refractivity contribution in [1.29, 1.82) is 0 Å². The summed E-state index contributed by atoms with van der Waals surface area (Å²) in [6, 6.07) is 7.62. The average molecular weight is 317 g/mol. The molecule has 1 aromatic heterocycles. The van der Waals surface area contributed by atoms with E-state index in [9.17, 15) is 9.59 Å². The minimum absolute atomic E-state index is 0.00426. The van der Waals surface area contributed by atoms with Crippen molar-refractivity contribution >= 4 is 28.2 Å². The van der Waals surface area contributed by atoms with Gasteiger partial charge in [0.05, 0.1) is 10.6 Å². The molecule has 0 saturated carbocycles. The van der Waals surface area contributed by atoms with Crippen LogP contribution in [-0.2, 0) is 11.2 Å². The SMILES string of the molecule is CCc1ccccc1C(=O)c1sc(NCCC(N)=O)nc1C. The third-order valence-electron chi connectivity index (χ3n) is 3.29. The van der Waals surface area contributed by atoms with Gasteiger partial charge in [-0.05, 0) is 18.9 Å². The van der Waals surface area contributed by atoms with Gasteiger partial charge >= 0.3 is 0 Å². The zero-order valence-corrected chi connectivity index (χ0v) is 13.5. The number of thiazole rings is 1. The molecule has 3 N–H and O–H groups in total. The maximum absolute atomic E-state index is 12.7. The number of amides is 1. The molecule has 2 aromatic rings. The highest BCUT2D eigenvalue weighted by Crippen LogP contribution is 2.26. The molecule has 0 saturated heterocycles. The second-order valence-corrected chi connectivity index (χ2v) is 5.92. The summed E-state index contributed by atoms with van der Waals surface area (Å²) in [7, 11) is 0. The highest BCUT2D eigenvalue weighted by molar-refractivity contribution is 7.17. The number of primary amides is 1. The quantitative estimate of drug-likeness (QED) is 0.768. The Labute approximate surface area is 133 Å². The number of hydrogen-bond donors (Lipinski definition) is 2. The highest BCUT2D eigenvalue weighted by Gasteiger charge is 2.19. The van der Waals surface area contributed by atoms with Crippen LogP contribution in [0.1, 0.15) is 39.8 Å². The molecule has 0 aliphatic heterocycles. The molecule has 0 spiro atoms.